The molecule has 9 heteroatoms. The molecule has 0 rings (SSSR count). The summed E-state index contributed by atoms with van der Waals surface area (Å²) in [4.78, 5) is 0. The maximum Gasteiger partial charge on any atom is 0.455 e. The van der Waals surface area contributed by atoms with Crippen LogP contribution in [-0.4, -0.2) is 27.5 Å². The van der Waals surface area contributed by atoms with Crippen molar-refractivity contribution < 1.29 is 34.9 Å². The first-order chi connectivity index (χ1) is 5.17. The van der Waals surface area contributed by atoms with Gasteiger partial charge in [0.1, 0.15) is 6.61 Å². The lowest BCUT2D eigenvalue weighted by molar-refractivity contribution is -0.289. The summed E-state index contributed by atoms with van der Waals surface area (Å²) in [6.07, 6.45) is -5.80. The first-order valence-corrected chi connectivity index (χ1v) is 3.34. The number of alkyl halides is 5. The summed E-state index contributed by atoms with van der Waals surface area (Å²) in [6.45, 7) is -2.23. The lowest BCUT2D eigenvalue weighted by atomic mass is 10.3. The molecule has 0 saturated heterocycles. The summed E-state index contributed by atoms with van der Waals surface area (Å²) in [5.41, 5.74) is 0. The van der Waals surface area contributed by atoms with E-state index in [1.807, 2.05) is 0 Å². The van der Waals surface area contributed by atoms with E-state index in [0.717, 1.165) is 0 Å². The molecular formula is C3H2F5O3S-. The van der Waals surface area contributed by atoms with Crippen molar-refractivity contribution in [3.05, 3.63) is 0 Å². The Hall–Kier alpha value is -0.280. The second kappa shape index (κ2) is 3.62. The zero-order valence-corrected chi connectivity index (χ0v) is 6.05. The van der Waals surface area contributed by atoms with E-state index in [2.05, 4.69) is 4.18 Å². The molecule has 0 aromatic rings. The quantitative estimate of drug-likeness (QED) is 0.519. The summed E-state index contributed by atoms with van der Waals surface area (Å²) in [6, 6.07) is 0. The van der Waals surface area contributed by atoms with Crippen LogP contribution in [0.15, 0.2) is 0 Å². The smallest absolute Gasteiger partial charge is 0.455 e. The summed E-state index contributed by atoms with van der Waals surface area (Å²) < 4.78 is 79.3. The van der Waals surface area contributed by atoms with Gasteiger partial charge in [-0.25, -0.2) is 4.21 Å². The van der Waals surface area contributed by atoms with Gasteiger partial charge in [0, 0.05) is 0 Å². The predicted molar refractivity (Wildman–Crippen MR) is 25.9 cm³/mol. The van der Waals surface area contributed by atoms with E-state index in [4.69, 9.17) is 0 Å². The summed E-state index contributed by atoms with van der Waals surface area (Å²) in [5, 5.41) is 0. The van der Waals surface area contributed by atoms with E-state index >= 15 is 0 Å². The van der Waals surface area contributed by atoms with Gasteiger partial charge < -0.3 is 4.55 Å². The first-order valence-electron chi connectivity index (χ1n) is 2.34. The number of halogens is 5. The minimum absolute atomic E-state index is 2.23. The fraction of sp³-hybridized carbons (Fsp3) is 1.00. The molecule has 0 aliphatic carbocycles. The third-order valence-electron chi connectivity index (χ3n) is 0.751. The van der Waals surface area contributed by atoms with E-state index in [9.17, 15) is 30.7 Å². The van der Waals surface area contributed by atoms with Crippen molar-refractivity contribution in [1.82, 2.24) is 0 Å². The molecule has 1 atom stereocenters. The maximum absolute atomic E-state index is 11.8. The van der Waals surface area contributed by atoms with Crippen molar-refractivity contribution in [1.29, 1.82) is 0 Å². The number of hydrogen-bond acceptors (Lipinski definition) is 3. The Morgan fingerprint density at radius 1 is 1.25 bits per heavy atom. The molecule has 1 unspecified atom stereocenters. The van der Waals surface area contributed by atoms with Crippen LogP contribution in [0.1, 0.15) is 0 Å². The third kappa shape index (κ3) is 3.41. The zero-order chi connectivity index (χ0) is 9.99. The van der Waals surface area contributed by atoms with Crippen LogP contribution in [0.25, 0.3) is 0 Å². The molecule has 74 valence electrons. The van der Waals surface area contributed by atoms with Crippen molar-refractivity contribution in [3.63, 3.8) is 0 Å². The summed E-state index contributed by atoms with van der Waals surface area (Å²) in [5.74, 6) is -5.15. The Kier molecular flexibility index (Phi) is 3.54. The van der Waals surface area contributed by atoms with Crippen LogP contribution >= 0.6 is 0 Å². The third-order valence-corrected chi connectivity index (χ3v) is 1.06. The van der Waals surface area contributed by atoms with Crippen molar-refractivity contribution in [2.24, 2.45) is 0 Å². The fourth-order valence-corrected chi connectivity index (χ4v) is 0.448. The summed E-state index contributed by atoms with van der Waals surface area (Å²) >= 11 is -3.38. The molecule has 0 N–H and O–H groups in total. The largest absolute Gasteiger partial charge is 0.750 e. The van der Waals surface area contributed by atoms with Crippen LogP contribution in [0.3, 0.4) is 0 Å². The van der Waals surface area contributed by atoms with Crippen LogP contribution in [0.5, 0.6) is 0 Å². The minimum Gasteiger partial charge on any atom is -0.750 e. The molecule has 3 nitrogen and oxygen atoms in total. The zero-order valence-electron chi connectivity index (χ0n) is 5.23. The molecule has 0 radical (unpaired) electrons. The lowest BCUT2D eigenvalue weighted by Crippen LogP contribution is -2.40. The Labute approximate surface area is 66.0 Å². The van der Waals surface area contributed by atoms with Gasteiger partial charge >= 0.3 is 12.1 Å². The van der Waals surface area contributed by atoms with Gasteiger partial charge in [0.05, 0.1) is 11.4 Å². The van der Waals surface area contributed by atoms with E-state index < -0.39 is 30.1 Å². The van der Waals surface area contributed by atoms with E-state index in [-0.39, 0.29) is 0 Å². The highest BCUT2D eigenvalue weighted by atomic mass is 32.2. The van der Waals surface area contributed by atoms with Gasteiger partial charge in [-0.1, -0.05) is 0 Å². The molecule has 0 bridgehead atoms. The Morgan fingerprint density at radius 3 is 1.92 bits per heavy atom. The number of rotatable bonds is 3. The molecule has 0 saturated carbocycles. The lowest BCUT2D eigenvalue weighted by Gasteiger charge is -2.19. The predicted octanol–water partition coefficient (Wildman–Crippen LogP) is 0.995. The van der Waals surface area contributed by atoms with Crippen molar-refractivity contribution >= 4 is 11.4 Å². The molecule has 0 fully saturated rings. The van der Waals surface area contributed by atoms with Gasteiger partial charge in [0.15, 0.2) is 0 Å². The molecule has 0 aliphatic rings. The summed E-state index contributed by atoms with van der Waals surface area (Å²) in [7, 11) is 0. The van der Waals surface area contributed by atoms with Gasteiger partial charge in [-0.2, -0.15) is 22.0 Å². The van der Waals surface area contributed by atoms with Crippen LogP contribution < -0.4 is 0 Å². The van der Waals surface area contributed by atoms with Crippen molar-refractivity contribution in [3.8, 4) is 0 Å². The minimum atomic E-state index is -5.80. The van der Waals surface area contributed by atoms with Gasteiger partial charge in [0.2, 0.25) is 0 Å². The van der Waals surface area contributed by atoms with Crippen molar-refractivity contribution in [2.45, 2.75) is 12.1 Å². The Morgan fingerprint density at radius 2 is 1.67 bits per heavy atom. The molecule has 0 aromatic heterocycles. The van der Waals surface area contributed by atoms with Crippen molar-refractivity contribution in [2.75, 3.05) is 6.61 Å². The van der Waals surface area contributed by atoms with Crippen LogP contribution in [0.4, 0.5) is 22.0 Å². The normalized spacial score (nSPS) is 16.2. The monoisotopic (exact) mass is 213 g/mol. The van der Waals surface area contributed by atoms with Gasteiger partial charge in [0.25, 0.3) is 0 Å². The molecule has 0 spiro atoms. The SMILES string of the molecule is O=S([O-])OCC(F)(F)C(F)(F)F. The molecule has 0 aromatic carbocycles. The van der Waals surface area contributed by atoms with Gasteiger partial charge in [-0.05, 0) is 0 Å². The van der Waals surface area contributed by atoms with E-state index in [1.165, 1.54) is 0 Å². The average Bonchev–Trinajstić information content (AvgIpc) is 1.81. The Bertz CT molecular complexity index is 177. The average molecular weight is 213 g/mol. The van der Waals surface area contributed by atoms with E-state index in [1.54, 1.807) is 0 Å². The second-order valence-electron chi connectivity index (χ2n) is 1.67. The van der Waals surface area contributed by atoms with Crippen LogP contribution in [0, 0.1) is 0 Å². The molecule has 12 heavy (non-hydrogen) atoms. The van der Waals surface area contributed by atoms with Crippen LogP contribution in [0.2, 0.25) is 0 Å². The number of hydrogen-bond donors (Lipinski definition) is 0. The van der Waals surface area contributed by atoms with Gasteiger partial charge in [-0.15, -0.1) is 0 Å². The van der Waals surface area contributed by atoms with Gasteiger partial charge in [-0.3, -0.25) is 4.18 Å². The maximum atomic E-state index is 11.8. The topological polar surface area (TPSA) is 49.4 Å². The first kappa shape index (κ1) is 11.7. The second-order valence-corrected chi connectivity index (χ2v) is 2.31. The fourth-order valence-electron chi connectivity index (χ4n) is 0.204. The highest BCUT2D eigenvalue weighted by Crippen LogP contribution is 2.35. The standard InChI is InChI=1S/C3H3F5O3S/c4-2(5,3(6,7)8)1-11-12(9)10/h1H2,(H,9,10)/p-1. The Balaban J connectivity index is 4.14. The molecule has 0 amide bonds. The molecule has 0 heterocycles. The highest BCUT2D eigenvalue weighted by molar-refractivity contribution is 7.74. The van der Waals surface area contributed by atoms with Crippen LogP contribution in [-0.2, 0) is 15.5 Å². The molecular weight excluding hydrogens is 211 g/mol. The van der Waals surface area contributed by atoms with E-state index in [0.29, 0.717) is 0 Å². The molecule has 0 aliphatic heterocycles. The highest BCUT2D eigenvalue weighted by Gasteiger charge is 2.57.